The van der Waals surface area contributed by atoms with E-state index in [1.54, 1.807) is 6.20 Å². The van der Waals surface area contributed by atoms with Gasteiger partial charge in [0, 0.05) is 30.7 Å². The lowest BCUT2D eigenvalue weighted by molar-refractivity contribution is 0.134. The normalized spacial score (nSPS) is 19.8. The third kappa shape index (κ3) is 3.52. The summed E-state index contributed by atoms with van der Waals surface area (Å²) in [6.45, 7) is 3.03. The van der Waals surface area contributed by atoms with Gasteiger partial charge >= 0.3 is 0 Å². The van der Waals surface area contributed by atoms with Crippen molar-refractivity contribution in [2.45, 2.75) is 38.3 Å². The first-order valence-corrected chi connectivity index (χ1v) is 7.88. The summed E-state index contributed by atoms with van der Waals surface area (Å²) in [6, 6.07) is 9.45. The molecule has 1 unspecified atom stereocenters. The monoisotopic (exact) mass is 284 g/mol. The van der Waals surface area contributed by atoms with E-state index in [1.807, 2.05) is 17.1 Å². The molecule has 1 aromatic heterocycles. The van der Waals surface area contributed by atoms with Gasteiger partial charge in [0.25, 0.3) is 0 Å². The molecule has 1 aromatic carbocycles. The first-order valence-electron chi connectivity index (χ1n) is 7.88. The van der Waals surface area contributed by atoms with E-state index in [4.69, 9.17) is 5.73 Å². The lowest BCUT2D eigenvalue weighted by Gasteiger charge is -2.35. The van der Waals surface area contributed by atoms with Gasteiger partial charge in [0.2, 0.25) is 0 Å². The average Bonchev–Trinajstić information content (AvgIpc) is 3.05. The van der Waals surface area contributed by atoms with E-state index in [9.17, 15) is 0 Å². The summed E-state index contributed by atoms with van der Waals surface area (Å²) in [4.78, 5) is 6.69. The summed E-state index contributed by atoms with van der Waals surface area (Å²) in [6.07, 6.45) is 10.7. The third-order valence-electron chi connectivity index (χ3n) is 4.37. The fraction of sp³-hybridized carbons (Fsp3) is 0.471. The van der Waals surface area contributed by atoms with Gasteiger partial charge < -0.3 is 10.3 Å². The molecule has 0 spiro atoms. The summed E-state index contributed by atoms with van der Waals surface area (Å²) in [5.74, 6) is 0. The Balaban J connectivity index is 1.66. The number of hydrogen-bond acceptors (Lipinski definition) is 3. The standard InChI is InChI=1S/C17H24N4/c18-9-8-16-3-1-2-11-20(16)13-15-4-6-17(7-5-15)21-12-10-19-14-21/h4-7,10,12,14,16H,1-3,8-9,11,13,18H2. The Kier molecular flexibility index (Phi) is 4.68. The second-order valence-electron chi connectivity index (χ2n) is 5.83. The molecule has 1 atom stereocenters. The molecule has 4 heteroatoms. The molecule has 0 aliphatic carbocycles. The molecule has 0 saturated carbocycles. The van der Waals surface area contributed by atoms with Crippen LogP contribution < -0.4 is 5.73 Å². The number of piperidine rings is 1. The Morgan fingerprint density at radius 3 is 2.76 bits per heavy atom. The van der Waals surface area contributed by atoms with E-state index in [0.717, 1.165) is 25.2 Å². The number of nitrogens with zero attached hydrogens (tertiary/aromatic N) is 3. The molecule has 112 valence electrons. The Labute approximate surface area is 126 Å². The summed E-state index contributed by atoms with van der Waals surface area (Å²) in [5, 5.41) is 0. The molecule has 1 aliphatic heterocycles. The van der Waals surface area contributed by atoms with Gasteiger partial charge in [0.05, 0.1) is 6.33 Å². The molecule has 2 heterocycles. The van der Waals surface area contributed by atoms with Crippen LogP contribution in [-0.4, -0.2) is 33.6 Å². The van der Waals surface area contributed by atoms with Crippen LogP contribution in [0.2, 0.25) is 0 Å². The predicted molar refractivity (Wildman–Crippen MR) is 85.3 cm³/mol. The molecular formula is C17H24N4. The largest absolute Gasteiger partial charge is 0.330 e. The van der Waals surface area contributed by atoms with E-state index < -0.39 is 0 Å². The number of benzene rings is 1. The van der Waals surface area contributed by atoms with Gasteiger partial charge in [-0.3, -0.25) is 4.90 Å². The number of rotatable bonds is 5. The van der Waals surface area contributed by atoms with Crippen LogP contribution >= 0.6 is 0 Å². The highest BCUT2D eigenvalue weighted by Crippen LogP contribution is 2.22. The van der Waals surface area contributed by atoms with Crippen molar-refractivity contribution in [2.75, 3.05) is 13.1 Å². The number of imidazole rings is 1. The molecule has 0 bridgehead atoms. The van der Waals surface area contributed by atoms with Gasteiger partial charge in [0.1, 0.15) is 0 Å². The predicted octanol–water partition coefficient (Wildman–Crippen LogP) is 2.58. The van der Waals surface area contributed by atoms with E-state index in [2.05, 4.69) is 34.1 Å². The van der Waals surface area contributed by atoms with Crippen LogP contribution in [0.5, 0.6) is 0 Å². The number of nitrogens with two attached hydrogens (primary N) is 1. The fourth-order valence-corrected chi connectivity index (χ4v) is 3.21. The zero-order valence-electron chi connectivity index (χ0n) is 12.5. The molecule has 3 rings (SSSR count). The SMILES string of the molecule is NCCC1CCCCN1Cc1ccc(-n2ccnc2)cc1. The van der Waals surface area contributed by atoms with Gasteiger partial charge in [-0.2, -0.15) is 0 Å². The van der Waals surface area contributed by atoms with Gasteiger partial charge in [-0.05, 0) is 50.0 Å². The van der Waals surface area contributed by atoms with Crippen LogP contribution in [0, 0.1) is 0 Å². The molecule has 4 nitrogen and oxygen atoms in total. The molecule has 0 radical (unpaired) electrons. The number of aromatic nitrogens is 2. The Morgan fingerprint density at radius 1 is 1.19 bits per heavy atom. The van der Waals surface area contributed by atoms with Crippen LogP contribution in [-0.2, 0) is 6.54 Å². The van der Waals surface area contributed by atoms with Crippen molar-refractivity contribution in [3.63, 3.8) is 0 Å². The highest BCUT2D eigenvalue weighted by molar-refractivity contribution is 5.34. The van der Waals surface area contributed by atoms with Crippen molar-refractivity contribution in [1.29, 1.82) is 0 Å². The maximum atomic E-state index is 5.75. The maximum absolute atomic E-state index is 5.75. The van der Waals surface area contributed by atoms with Gasteiger partial charge in [-0.1, -0.05) is 18.6 Å². The maximum Gasteiger partial charge on any atom is 0.0991 e. The molecule has 2 N–H and O–H groups in total. The van der Waals surface area contributed by atoms with Crippen molar-refractivity contribution < 1.29 is 0 Å². The molecular weight excluding hydrogens is 260 g/mol. The zero-order valence-corrected chi connectivity index (χ0v) is 12.5. The molecule has 1 saturated heterocycles. The second kappa shape index (κ2) is 6.87. The summed E-state index contributed by atoms with van der Waals surface area (Å²) >= 11 is 0. The van der Waals surface area contributed by atoms with Crippen molar-refractivity contribution in [3.8, 4) is 5.69 Å². The minimum atomic E-state index is 0.664. The summed E-state index contributed by atoms with van der Waals surface area (Å²) in [5.41, 5.74) is 8.29. The van der Waals surface area contributed by atoms with Gasteiger partial charge in [-0.25, -0.2) is 4.98 Å². The van der Waals surface area contributed by atoms with Crippen LogP contribution in [0.4, 0.5) is 0 Å². The smallest absolute Gasteiger partial charge is 0.0991 e. The zero-order chi connectivity index (χ0) is 14.5. The lowest BCUT2D eigenvalue weighted by atomic mass is 9.98. The van der Waals surface area contributed by atoms with Crippen molar-refractivity contribution >= 4 is 0 Å². The van der Waals surface area contributed by atoms with Crippen LogP contribution in [0.3, 0.4) is 0 Å². The molecule has 1 aliphatic rings. The van der Waals surface area contributed by atoms with Crippen LogP contribution in [0.15, 0.2) is 43.0 Å². The minimum Gasteiger partial charge on any atom is -0.330 e. The van der Waals surface area contributed by atoms with Gasteiger partial charge in [-0.15, -0.1) is 0 Å². The molecule has 2 aromatic rings. The van der Waals surface area contributed by atoms with E-state index >= 15 is 0 Å². The molecule has 1 fully saturated rings. The minimum absolute atomic E-state index is 0.664. The van der Waals surface area contributed by atoms with Crippen molar-refractivity contribution in [3.05, 3.63) is 48.5 Å². The summed E-state index contributed by atoms with van der Waals surface area (Å²) < 4.78 is 2.03. The van der Waals surface area contributed by atoms with E-state index in [1.165, 1.54) is 31.4 Å². The highest BCUT2D eigenvalue weighted by Gasteiger charge is 2.21. The lowest BCUT2D eigenvalue weighted by Crippen LogP contribution is -2.40. The van der Waals surface area contributed by atoms with Crippen molar-refractivity contribution in [2.24, 2.45) is 5.73 Å². The van der Waals surface area contributed by atoms with E-state index in [-0.39, 0.29) is 0 Å². The third-order valence-corrected chi connectivity index (χ3v) is 4.37. The molecule has 21 heavy (non-hydrogen) atoms. The first-order chi connectivity index (χ1) is 10.4. The number of hydrogen-bond donors (Lipinski definition) is 1. The average molecular weight is 284 g/mol. The van der Waals surface area contributed by atoms with Crippen LogP contribution in [0.1, 0.15) is 31.2 Å². The second-order valence-corrected chi connectivity index (χ2v) is 5.83. The Morgan fingerprint density at radius 2 is 2.05 bits per heavy atom. The molecule has 0 amide bonds. The number of likely N-dealkylation sites (tertiary alicyclic amines) is 1. The van der Waals surface area contributed by atoms with Gasteiger partial charge in [0.15, 0.2) is 0 Å². The quantitative estimate of drug-likeness (QED) is 0.918. The highest BCUT2D eigenvalue weighted by atomic mass is 15.2. The Hall–Kier alpha value is -1.65. The topological polar surface area (TPSA) is 47.1 Å². The Bertz CT molecular complexity index is 530. The van der Waals surface area contributed by atoms with Crippen molar-refractivity contribution in [1.82, 2.24) is 14.5 Å². The van der Waals surface area contributed by atoms with E-state index in [0.29, 0.717) is 6.04 Å². The van der Waals surface area contributed by atoms with Crippen LogP contribution in [0.25, 0.3) is 5.69 Å². The summed E-state index contributed by atoms with van der Waals surface area (Å²) in [7, 11) is 0. The fourth-order valence-electron chi connectivity index (χ4n) is 3.21. The first kappa shape index (κ1) is 14.3.